The van der Waals surface area contributed by atoms with Gasteiger partial charge in [0.1, 0.15) is 4.90 Å². The second-order valence-corrected chi connectivity index (χ2v) is 8.41. The van der Waals surface area contributed by atoms with Gasteiger partial charge in [-0.3, -0.25) is 4.68 Å². The Bertz CT molecular complexity index is 583. The monoisotopic (exact) mass is 336 g/mol. The lowest BCUT2D eigenvalue weighted by molar-refractivity contribution is 0.155. The van der Waals surface area contributed by atoms with Crippen molar-refractivity contribution in [3.05, 3.63) is 12.4 Å². The topological polar surface area (TPSA) is 81.2 Å². The van der Waals surface area contributed by atoms with E-state index in [2.05, 4.69) is 5.10 Å². The van der Waals surface area contributed by atoms with Crippen LogP contribution in [0.1, 0.15) is 40.2 Å². The van der Waals surface area contributed by atoms with Gasteiger partial charge < -0.3 is 5.73 Å². The molecule has 1 saturated heterocycles. The maximum Gasteiger partial charge on any atom is 0.246 e. The Balaban J connectivity index is 0.00000220. The fourth-order valence-electron chi connectivity index (χ4n) is 2.42. The summed E-state index contributed by atoms with van der Waals surface area (Å²) >= 11 is 0. The predicted octanol–water partition coefficient (Wildman–Crippen LogP) is 1.63. The van der Waals surface area contributed by atoms with Crippen LogP contribution in [0.3, 0.4) is 0 Å². The summed E-state index contributed by atoms with van der Waals surface area (Å²) in [5.74, 6) is 0. The third-order valence-corrected chi connectivity index (χ3v) is 5.82. The second-order valence-electron chi connectivity index (χ2n) is 6.47. The molecule has 8 heteroatoms. The molecular formula is C13H25ClN4O2S. The highest BCUT2D eigenvalue weighted by atomic mass is 35.5. The average molecular weight is 337 g/mol. The largest absolute Gasteiger partial charge is 0.327 e. The van der Waals surface area contributed by atoms with E-state index in [0.717, 1.165) is 0 Å². The number of hydrogen-bond acceptors (Lipinski definition) is 4. The summed E-state index contributed by atoms with van der Waals surface area (Å²) in [7, 11) is -3.47. The lowest BCUT2D eigenvalue weighted by Gasteiger charge is -2.41. The predicted molar refractivity (Wildman–Crippen MR) is 85.0 cm³/mol. The molecule has 0 radical (unpaired) electrons. The highest BCUT2D eigenvalue weighted by Gasteiger charge is 2.39. The van der Waals surface area contributed by atoms with E-state index < -0.39 is 10.0 Å². The zero-order valence-electron chi connectivity index (χ0n) is 13.0. The molecule has 1 aromatic rings. The maximum absolute atomic E-state index is 12.6. The molecule has 1 unspecified atom stereocenters. The highest BCUT2D eigenvalue weighted by molar-refractivity contribution is 7.89. The number of piperidine rings is 1. The molecule has 1 atom stereocenters. The summed E-state index contributed by atoms with van der Waals surface area (Å²) in [6, 6.07) is 0.178. The van der Waals surface area contributed by atoms with Gasteiger partial charge in [0.05, 0.1) is 6.20 Å². The molecule has 0 amide bonds. The van der Waals surface area contributed by atoms with E-state index in [-0.39, 0.29) is 34.8 Å². The minimum Gasteiger partial charge on any atom is -0.327 e. The van der Waals surface area contributed by atoms with E-state index in [1.807, 2.05) is 27.7 Å². The first-order chi connectivity index (χ1) is 9.14. The summed E-state index contributed by atoms with van der Waals surface area (Å²) in [6.45, 7) is 8.87. The van der Waals surface area contributed by atoms with Gasteiger partial charge in [0.2, 0.25) is 10.0 Å². The van der Waals surface area contributed by atoms with E-state index in [0.29, 0.717) is 19.5 Å². The molecule has 0 spiro atoms. The van der Waals surface area contributed by atoms with Crippen LogP contribution >= 0.6 is 12.4 Å². The van der Waals surface area contributed by atoms with Crippen LogP contribution in [0.25, 0.3) is 0 Å². The maximum atomic E-state index is 12.6. The molecule has 21 heavy (non-hydrogen) atoms. The Morgan fingerprint density at radius 3 is 2.52 bits per heavy atom. The Kier molecular flexibility index (Phi) is 5.47. The minimum atomic E-state index is -3.47. The first-order valence-electron chi connectivity index (χ1n) is 6.94. The first-order valence-corrected chi connectivity index (χ1v) is 8.38. The standard InChI is InChI=1S/C13H24N4O2S.ClH/c1-10(2)17-8-11(7-15-17)20(18,19)16-6-5-12(14)13(3,4)9-16;/h7-8,10,12H,5-6,9,14H2,1-4H3;1H. The van der Waals surface area contributed by atoms with Crippen molar-refractivity contribution in [1.29, 1.82) is 0 Å². The smallest absolute Gasteiger partial charge is 0.246 e. The van der Waals surface area contributed by atoms with Crippen LogP contribution in [0.5, 0.6) is 0 Å². The number of nitrogens with two attached hydrogens (primary N) is 1. The Labute approximate surface area is 133 Å². The molecule has 2 N–H and O–H groups in total. The van der Waals surface area contributed by atoms with Crippen LogP contribution in [-0.2, 0) is 10.0 Å². The number of rotatable bonds is 3. The third-order valence-electron chi connectivity index (χ3n) is 4.02. The molecule has 1 aliphatic heterocycles. The summed E-state index contributed by atoms with van der Waals surface area (Å²) in [5, 5.41) is 4.11. The van der Waals surface area contributed by atoms with Gasteiger partial charge in [0, 0.05) is 31.4 Å². The van der Waals surface area contributed by atoms with Crippen molar-refractivity contribution in [2.75, 3.05) is 13.1 Å². The van der Waals surface area contributed by atoms with Crippen molar-refractivity contribution in [3.8, 4) is 0 Å². The van der Waals surface area contributed by atoms with Gasteiger partial charge in [-0.05, 0) is 25.7 Å². The van der Waals surface area contributed by atoms with Gasteiger partial charge in [-0.1, -0.05) is 13.8 Å². The average Bonchev–Trinajstić information content (AvgIpc) is 2.82. The second kappa shape index (κ2) is 6.24. The molecule has 2 rings (SSSR count). The van der Waals surface area contributed by atoms with Gasteiger partial charge in [0.15, 0.2) is 0 Å². The number of nitrogens with zero attached hydrogens (tertiary/aromatic N) is 3. The van der Waals surface area contributed by atoms with Crippen LogP contribution in [0.15, 0.2) is 17.3 Å². The number of halogens is 1. The molecule has 0 aromatic carbocycles. The molecular weight excluding hydrogens is 312 g/mol. The van der Waals surface area contributed by atoms with Gasteiger partial charge in [-0.2, -0.15) is 9.40 Å². The van der Waals surface area contributed by atoms with Gasteiger partial charge in [0.25, 0.3) is 0 Å². The zero-order chi connectivity index (χ0) is 15.1. The molecule has 2 heterocycles. The molecule has 0 saturated carbocycles. The summed E-state index contributed by atoms with van der Waals surface area (Å²) in [5.41, 5.74) is 5.85. The first kappa shape index (κ1) is 18.4. The fourth-order valence-corrected chi connectivity index (χ4v) is 3.98. The van der Waals surface area contributed by atoms with Crippen molar-refractivity contribution < 1.29 is 8.42 Å². The molecule has 1 fully saturated rings. The number of hydrogen-bond donors (Lipinski definition) is 1. The highest BCUT2D eigenvalue weighted by Crippen LogP contribution is 2.31. The van der Waals surface area contributed by atoms with E-state index in [9.17, 15) is 8.42 Å². The lowest BCUT2D eigenvalue weighted by atomic mass is 9.81. The van der Waals surface area contributed by atoms with Gasteiger partial charge in [-0.15, -0.1) is 12.4 Å². The van der Waals surface area contributed by atoms with Crippen molar-refractivity contribution >= 4 is 22.4 Å². The SMILES string of the molecule is CC(C)n1cc(S(=O)(=O)N2CCC(N)C(C)(C)C2)cn1.Cl. The fraction of sp³-hybridized carbons (Fsp3) is 0.769. The molecule has 122 valence electrons. The minimum absolute atomic E-state index is 0. The summed E-state index contributed by atoms with van der Waals surface area (Å²) < 4.78 is 28.5. The Morgan fingerprint density at radius 1 is 1.43 bits per heavy atom. The van der Waals surface area contributed by atoms with E-state index in [1.54, 1.807) is 10.9 Å². The van der Waals surface area contributed by atoms with Crippen LogP contribution in [0.4, 0.5) is 0 Å². The molecule has 0 bridgehead atoms. The summed E-state index contributed by atoms with van der Waals surface area (Å²) in [6.07, 6.45) is 3.71. The van der Waals surface area contributed by atoms with E-state index in [4.69, 9.17) is 5.73 Å². The van der Waals surface area contributed by atoms with Crippen LogP contribution in [0.2, 0.25) is 0 Å². The Morgan fingerprint density at radius 2 is 2.05 bits per heavy atom. The molecule has 1 aliphatic rings. The quantitative estimate of drug-likeness (QED) is 0.909. The number of aromatic nitrogens is 2. The molecule has 6 nitrogen and oxygen atoms in total. The third kappa shape index (κ3) is 3.59. The molecule has 0 aliphatic carbocycles. The summed E-state index contributed by atoms with van der Waals surface area (Å²) in [4.78, 5) is 0.262. The van der Waals surface area contributed by atoms with Crippen LogP contribution in [0, 0.1) is 5.41 Å². The zero-order valence-corrected chi connectivity index (χ0v) is 14.6. The van der Waals surface area contributed by atoms with Gasteiger partial charge in [-0.25, -0.2) is 8.42 Å². The van der Waals surface area contributed by atoms with Crippen LogP contribution in [-0.4, -0.2) is 41.6 Å². The van der Waals surface area contributed by atoms with Crippen molar-refractivity contribution in [2.45, 2.75) is 51.1 Å². The van der Waals surface area contributed by atoms with Crippen LogP contribution < -0.4 is 5.73 Å². The van der Waals surface area contributed by atoms with Crippen molar-refractivity contribution in [2.24, 2.45) is 11.1 Å². The van der Waals surface area contributed by atoms with Gasteiger partial charge >= 0.3 is 0 Å². The Hall–Kier alpha value is -0.630. The van der Waals surface area contributed by atoms with Crippen molar-refractivity contribution in [1.82, 2.24) is 14.1 Å². The lowest BCUT2D eigenvalue weighted by Crippen LogP contribution is -2.53. The number of sulfonamides is 1. The van der Waals surface area contributed by atoms with Crippen molar-refractivity contribution in [3.63, 3.8) is 0 Å². The van der Waals surface area contributed by atoms with E-state index >= 15 is 0 Å². The normalized spacial score (nSPS) is 23.0. The molecule has 1 aromatic heterocycles. The van der Waals surface area contributed by atoms with E-state index in [1.165, 1.54) is 10.5 Å².